The van der Waals surface area contributed by atoms with Crippen molar-refractivity contribution >= 4 is 34.7 Å². The fraction of sp³-hybridized carbons (Fsp3) is 0.545. The first-order chi connectivity index (χ1) is 14.5. The Morgan fingerprint density at radius 3 is 2.67 bits per heavy atom. The van der Waals surface area contributed by atoms with Gasteiger partial charge in [-0.25, -0.2) is 0 Å². The van der Waals surface area contributed by atoms with Gasteiger partial charge in [-0.15, -0.1) is 0 Å². The molecule has 2 aliphatic heterocycles. The molecule has 3 fully saturated rings. The van der Waals surface area contributed by atoms with E-state index in [0.717, 1.165) is 24.6 Å². The van der Waals surface area contributed by atoms with Crippen LogP contribution in [0, 0.1) is 16.7 Å². The molecule has 1 aliphatic carbocycles. The van der Waals surface area contributed by atoms with Gasteiger partial charge in [-0.1, -0.05) is 11.6 Å². The highest BCUT2D eigenvalue weighted by Crippen LogP contribution is 2.43. The van der Waals surface area contributed by atoms with Crippen LogP contribution in [0.2, 0.25) is 5.02 Å². The smallest absolute Gasteiger partial charge is 0.206 e. The van der Waals surface area contributed by atoms with Gasteiger partial charge >= 0.3 is 0 Å². The van der Waals surface area contributed by atoms with Crippen LogP contribution in [0.3, 0.4) is 0 Å². The second kappa shape index (κ2) is 7.68. The summed E-state index contributed by atoms with van der Waals surface area (Å²) in [5, 5.41) is 16.9. The number of benzene rings is 1. The van der Waals surface area contributed by atoms with Gasteiger partial charge in [0.1, 0.15) is 5.82 Å². The van der Waals surface area contributed by atoms with Gasteiger partial charge in [-0.2, -0.15) is 10.2 Å². The number of aromatic amines is 1. The van der Waals surface area contributed by atoms with Crippen molar-refractivity contribution in [2.24, 2.45) is 5.41 Å². The van der Waals surface area contributed by atoms with Crippen molar-refractivity contribution in [3.8, 4) is 6.07 Å². The third-order valence-corrected chi connectivity index (χ3v) is 7.13. The average molecular weight is 426 g/mol. The standard InChI is InChI=1S/C22H28ClN7/c1-29-7-4-22(14-29)5-8-30(9-6-22)18-11-15(12-24)10-17(20(18)23)27-21-25-13-19(28-21)26-16-2-3-16/h10-11,13,16,26H,2-9,14H2,1H3,(H2,25,27,28). The van der Waals surface area contributed by atoms with Gasteiger partial charge in [0.15, 0.2) is 0 Å². The summed E-state index contributed by atoms with van der Waals surface area (Å²) < 4.78 is 0. The summed E-state index contributed by atoms with van der Waals surface area (Å²) >= 11 is 6.82. The van der Waals surface area contributed by atoms with Crippen LogP contribution in [0.5, 0.6) is 0 Å². The highest BCUT2D eigenvalue weighted by molar-refractivity contribution is 6.36. The summed E-state index contributed by atoms with van der Waals surface area (Å²) in [4.78, 5) is 12.5. The molecule has 7 nitrogen and oxygen atoms in total. The number of H-pyrrole nitrogens is 1. The molecule has 1 aromatic heterocycles. The molecule has 3 N–H and O–H groups in total. The molecular weight excluding hydrogens is 398 g/mol. The highest BCUT2D eigenvalue weighted by Gasteiger charge is 2.39. The fourth-order valence-electron chi connectivity index (χ4n) is 4.81. The molecule has 0 amide bonds. The van der Waals surface area contributed by atoms with Crippen molar-refractivity contribution in [3.05, 3.63) is 28.9 Å². The molecule has 30 heavy (non-hydrogen) atoms. The molecule has 8 heteroatoms. The average Bonchev–Trinajstić information content (AvgIpc) is 3.34. The molecule has 3 heterocycles. The Morgan fingerprint density at radius 2 is 2.00 bits per heavy atom. The number of imidazole rings is 1. The Bertz CT molecular complexity index is 966. The fourth-order valence-corrected chi connectivity index (χ4v) is 5.08. The van der Waals surface area contributed by atoms with E-state index in [1.54, 1.807) is 6.07 Å². The van der Waals surface area contributed by atoms with E-state index in [2.05, 4.69) is 43.5 Å². The van der Waals surface area contributed by atoms with Gasteiger partial charge in [-0.3, -0.25) is 0 Å². The Labute approximate surface area is 182 Å². The minimum Gasteiger partial charge on any atom is -0.370 e. The predicted molar refractivity (Wildman–Crippen MR) is 121 cm³/mol. The molecule has 0 bridgehead atoms. The summed E-state index contributed by atoms with van der Waals surface area (Å²) in [6.45, 7) is 4.32. The van der Waals surface area contributed by atoms with E-state index < -0.39 is 0 Å². The number of hydrogen-bond donors (Lipinski definition) is 3. The lowest BCUT2D eigenvalue weighted by atomic mass is 9.77. The summed E-state index contributed by atoms with van der Waals surface area (Å²) in [6.07, 6.45) is 7.87. The maximum Gasteiger partial charge on any atom is 0.206 e. The first-order valence-corrected chi connectivity index (χ1v) is 11.2. The van der Waals surface area contributed by atoms with Crippen molar-refractivity contribution in [3.63, 3.8) is 0 Å². The minimum absolute atomic E-state index is 0.449. The molecule has 0 unspecified atom stereocenters. The van der Waals surface area contributed by atoms with E-state index >= 15 is 0 Å². The monoisotopic (exact) mass is 425 g/mol. The van der Waals surface area contributed by atoms with E-state index in [9.17, 15) is 5.26 Å². The van der Waals surface area contributed by atoms with Crippen LogP contribution in [0.25, 0.3) is 0 Å². The second-order valence-corrected chi connectivity index (χ2v) is 9.50. The Hall–Kier alpha value is -2.43. The molecule has 2 aromatic rings. The van der Waals surface area contributed by atoms with Gasteiger partial charge in [0.05, 0.1) is 28.0 Å². The van der Waals surface area contributed by atoms with E-state index in [-0.39, 0.29) is 0 Å². The molecule has 1 saturated carbocycles. The zero-order valence-corrected chi connectivity index (χ0v) is 18.1. The topological polar surface area (TPSA) is 83.0 Å². The molecule has 2 saturated heterocycles. The number of likely N-dealkylation sites (tertiary alicyclic amines) is 1. The second-order valence-electron chi connectivity index (χ2n) is 9.12. The molecule has 3 aliphatic rings. The van der Waals surface area contributed by atoms with Crippen molar-refractivity contribution < 1.29 is 0 Å². The van der Waals surface area contributed by atoms with Crippen molar-refractivity contribution in [2.75, 3.05) is 48.8 Å². The van der Waals surface area contributed by atoms with Crippen LogP contribution < -0.4 is 15.5 Å². The lowest BCUT2D eigenvalue weighted by molar-refractivity contribution is 0.222. The number of rotatable bonds is 5. The summed E-state index contributed by atoms with van der Waals surface area (Å²) in [7, 11) is 2.21. The molecule has 0 radical (unpaired) electrons. The SMILES string of the molecule is CN1CCC2(CCN(c3cc(C#N)cc(Nc4nc(NC5CC5)c[nH]4)c3Cl)CC2)C1. The summed E-state index contributed by atoms with van der Waals surface area (Å²) in [5.41, 5.74) is 2.69. The van der Waals surface area contributed by atoms with Gasteiger partial charge in [0, 0.05) is 31.9 Å². The van der Waals surface area contributed by atoms with Gasteiger partial charge < -0.3 is 25.4 Å². The Kier molecular flexibility index (Phi) is 5.00. The third kappa shape index (κ3) is 3.94. The molecule has 1 aromatic carbocycles. The van der Waals surface area contributed by atoms with E-state index in [1.807, 2.05) is 12.3 Å². The van der Waals surface area contributed by atoms with Crippen molar-refractivity contribution in [2.45, 2.75) is 38.1 Å². The van der Waals surface area contributed by atoms with Crippen LogP contribution in [0.4, 0.5) is 23.1 Å². The number of nitrogens with zero attached hydrogens (tertiary/aromatic N) is 4. The van der Waals surface area contributed by atoms with Crippen LogP contribution >= 0.6 is 11.6 Å². The van der Waals surface area contributed by atoms with Gasteiger partial charge in [0.2, 0.25) is 5.95 Å². The first kappa shape index (κ1) is 19.5. The van der Waals surface area contributed by atoms with Crippen LogP contribution in [-0.2, 0) is 0 Å². The van der Waals surface area contributed by atoms with Crippen molar-refractivity contribution in [1.82, 2.24) is 14.9 Å². The number of aromatic nitrogens is 2. The largest absolute Gasteiger partial charge is 0.370 e. The number of piperidine rings is 1. The van der Waals surface area contributed by atoms with Crippen LogP contribution in [-0.4, -0.2) is 54.1 Å². The number of anilines is 4. The summed E-state index contributed by atoms with van der Waals surface area (Å²) in [6, 6.07) is 6.52. The number of hydrogen-bond acceptors (Lipinski definition) is 6. The quantitative estimate of drug-likeness (QED) is 0.666. The maximum atomic E-state index is 9.57. The predicted octanol–water partition coefficient (Wildman–Crippen LogP) is 4.17. The normalized spacial score (nSPS) is 21.0. The van der Waals surface area contributed by atoms with Crippen LogP contribution in [0.15, 0.2) is 18.3 Å². The minimum atomic E-state index is 0.449. The number of nitriles is 1. The Morgan fingerprint density at radius 1 is 1.23 bits per heavy atom. The highest BCUT2D eigenvalue weighted by atomic mass is 35.5. The number of halogens is 1. The molecular formula is C22H28ClN7. The molecule has 5 rings (SSSR count). The van der Waals surface area contributed by atoms with Crippen LogP contribution in [0.1, 0.15) is 37.7 Å². The van der Waals surface area contributed by atoms with E-state index in [0.29, 0.717) is 33.7 Å². The molecule has 0 atom stereocenters. The lowest BCUT2D eigenvalue weighted by Gasteiger charge is -2.40. The Balaban J connectivity index is 1.34. The molecule has 1 spiro atoms. The zero-order valence-electron chi connectivity index (χ0n) is 17.3. The van der Waals surface area contributed by atoms with Gasteiger partial charge in [-0.05, 0) is 63.2 Å². The maximum absolute atomic E-state index is 9.57. The number of nitrogens with one attached hydrogen (secondary N) is 3. The lowest BCUT2D eigenvalue weighted by Crippen LogP contribution is -2.41. The molecule has 158 valence electrons. The van der Waals surface area contributed by atoms with Crippen molar-refractivity contribution in [1.29, 1.82) is 5.26 Å². The zero-order chi connectivity index (χ0) is 20.7. The first-order valence-electron chi connectivity index (χ1n) is 10.8. The summed E-state index contributed by atoms with van der Waals surface area (Å²) in [5.74, 6) is 1.45. The van der Waals surface area contributed by atoms with E-state index in [4.69, 9.17) is 11.6 Å². The third-order valence-electron chi connectivity index (χ3n) is 6.74. The van der Waals surface area contributed by atoms with Gasteiger partial charge in [0.25, 0.3) is 0 Å². The van der Waals surface area contributed by atoms with E-state index in [1.165, 1.54) is 45.2 Å².